The van der Waals surface area contributed by atoms with Gasteiger partial charge in [-0.15, -0.1) is 11.3 Å². The van der Waals surface area contributed by atoms with E-state index in [1.165, 1.54) is 41.8 Å². The molecule has 3 rings (SSSR count). The van der Waals surface area contributed by atoms with Crippen LogP contribution in [-0.2, 0) is 0 Å². The van der Waals surface area contributed by atoms with Crippen LogP contribution in [0.1, 0.15) is 5.56 Å². The van der Waals surface area contributed by atoms with Crippen LogP contribution in [0.2, 0.25) is 0 Å². The number of alkyl halides is 2. The van der Waals surface area contributed by atoms with E-state index in [9.17, 15) is 19.0 Å². The average Bonchev–Trinajstić information content (AvgIpc) is 3.03. The topological polar surface area (TPSA) is 79.3 Å². The Morgan fingerprint density at radius 2 is 1.89 bits per heavy atom. The van der Waals surface area contributed by atoms with Gasteiger partial charge < -0.3 is 14.9 Å². The summed E-state index contributed by atoms with van der Waals surface area (Å²) in [5.74, 6) is -0.0785. The summed E-state index contributed by atoms with van der Waals surface area (Å²) in [4.78, 5) is 4.75. The number of aromatic hydroxyl groups is 2. The molecule has 9 heteroatoms. The van der Waals surface area contributed by atoms with Crippen LogP contribution in [0, 0.1) is 0 Å². The number of phenolic OH excluding ortho intramolecular Hbond substituents is 2. The van der Waals surface area contributed by atoms with Gasteiger partial charge in [-0.3, -0.25) is 4.99 Å². The molecule has 0 spiro atoms. The quantitative estimate of drug-likeness (QED) is 0.652. The zero-order valence-corrected chi connectivity index (χ0v) is 14.9. The Labute approximate surface area is 157 Å². The third-order valence-corrected chi connectivity index (χ3v) is 4.47. The summed E-state index contributed by atoms with van der Waals surface area (Å²) in [7, 11) is 1.62. The fraction of sp³-hybridized carbons (Fsp3) is 0.111. The summed E-state index contributed by atoms with van der Waals surface area (Å²) >= 11 is 1.33. The predicted molar refractivity (Wildman–Crippen MR) is 98.6 cm³/mol. The number of aromatic nitrogens is 1. The number of ether oxygens (including phenoxy) is 1. The smallest absolute Gasteiger partial charge is 0.387 e. The Bertz CT molecular complexity index is 1030. The van der Waals surface area contributed by atoms with E-state index in [1.54, 1.807) is 35.3 Å². The number of phenols is 2. The molecule has 0 atom stereocenters. The van der Waals surface area contributed by atoms with Gasteiger partial charge in [-0.05, 0) is 42.0 Å². The van der Waals surface area contributed by atoms with Gasteiger partial charge in [0.1, 0.15) is 17.2 Å². The molecule has 0 unspecified atom stereocenters. The van der Waals surface area contributed by atoms with E-state index in [2.05, 4.69) is 14.8 Å². The lowest BCUT2D eigenvalue weighted by Gasteiger charge is -2.06. The summed E-state index contributed by atoms with van der Waals surface area (Å²) in [6.45, 7) is -2.87. The molecule has 1 aromatic heterocycles. The summed E-state index contributed by atoms with van der Waals surface area (Å²) in [6, 6.07) is 10.3. The van der Waals surface area contributed by atoms with Crippen molar-refractivity contribution in [2.75, 3.05) is 7.05 Å². The Morgan fingerprint density at radius 3 is 2.52 bits per heavy atom. The van der Waals surface area contributed by atoms with Crippen LogP contribution in [-0.4, -0.2) is 34.8 Å². The number of hydrogen-bond acceptors (Lipinski definition) is 6. The lowest BCUT2D eigenvalue weighted by molar-refractivity contribution is -0.0498. The molecule has 0 aliphatic carbocycles. The molecule has 0 radical (unpaired) electrons. The van der Waals surface area contributed by atoms with Crippen molar-refractivity contribution < 1.29 is 23.7 Å². The molecule has 0 saturated heterocycles. The molecular weight excluding hydrogens is 376 g/mol. The number of hydrogen-bond donors (Lipinski definition) is 2. The number of thiazole rings is 1. The average molecular weight is 391 g/mol. The third-order valence-electron chi connectivity index (χ3n) is 3.56. The van der Waals surface area contributed by atoms with Gasteiger partial charge in [-0.25, -0.2) is 4.68 Å². The first kappa shape index (κ1) is 18.6. The predicted octanol–water partition coefficient (Wildman–Crippen LogP) is 3.64. The minimum Gasteiger partial charge on any atom is -0.508 e. The molecule has 2 aromatic carbocycles. The van der Waals surface area contributed by atoms with Crippen molar-refractivity contribution in [2.24, 2.45) is 10.1 Å². The largest absolute Gasteiger partial charge is 0.508 e. The van der Waals surface area contributed by atoms with Gasteiger partial charge in [0.2, 0.25) is 4.80 Å². The normalized spacial score (nSPS) is 12.2. The molecule has 0 aliphatic rings. The van der Waals surface area contributed by atoms with Crippen LogP contribution in [0.3, 0.4) is 0 Å². The van der Waals surface area contributed by atoms with E-state index >= 15 is 0 Å². The van der Waals surface area contributed by atoms with Gasteiger partial charge >= 0.3 is 6.61 Å². The van der Waals surface area contributed by atoms with Gasteiger partial charge in [-0.2, -0.15) is 13.9 Å². The summed E-state index contributed by atoms with van der Waals surface area (Å²) in [5.41, 5.74) is 1.74. The lowest BCUT2D eigenvalue weighted by Crippen LogP contribution is -2.11. The number of halogens is 2. The maximum Gasteiger partial charge on any atom is 0.387 e. The highest BCUT2D eigenvalue weighted by atomic mass is 32.1. The Morgan fingerprint density at radius 1 is 1.15 bits per heavy atom. The summed E-state index contributed by atoms with van der Waals surface area (Å²) < 4.78 is 30.3. The Hall–Kier alpha value is -3.20. The van der Waals surface area contributed by atoms with Gasteiger partial charge in [-0.1, -0.05) is 0 Å². The van der Waals surface area contributed by atoms with Crippen LogP contribution >= 0.6 is 11.3 Å². The first-order valence-corrected chi connectivity index (χ1v) is 8.61. The molecule has 0 saturated carbocycles. The van der Waals surface area contributed by atoms with E-state index in [-0.39, 0.29) is 17.2 Å². The van der Waals surface area contributed by atoms with Crippen molar-refractivity contribution in [3.05, 3.63) is 58.2 Å². The second-order valence-electron chi connectivity index (χ2n) is 5.33. The second-order valence-corrected chi connectivity index (χ2v) is 6.17. The summed E-state index contributed by atoms with van der Waals surface area (Å²) in [6.07, 6.45) is 1.54. The fourth-order valence-electron chi connectivity index (χ4n) is 2.34. The number of nitrogens with zero attached hydrogens (tertiary/aromatic N) is 3. The molecule has 3 aromatic rings. The summed E-state index contributed by atoms with van der Waals surface area (Å²) in [5, 5.41) is 25.7. The molecule has 6 nitrogen and oxygen atoms in total. The van der Waals surface area contributed by atoms with E-state index in [0.717, 1.165) is 0 Å². The van der Waals surface area contributed by atoms with Crippen LogP contribution in [0.25, 0.3) is 11.3 Å². The third kappa shape index (κ3) is 4.32. The van der Waals surface area contributed by atoms with Crippen LogP contribution in [0.15, 0.2) is 57.9 Å². The van der Waals surface area contributed by atoms with Crippen molar-refractivity contribution in [3.8, 4) is 28.5 Å². The minimum atomic E-state index is -2.87. The van der Waals surface area contributed by atoms with Crippen molar-refractivity contribution in [1.82, 2.24) is 4.68 Å². The van der Waals surface area contributed by atoms with E-state index in [1.807, 2.05) is 0 Å². The van der Waals surface area contributed by atoms with Gasteiger partial charge in [0.15, 0.2) is 0 Å². The molecule has 2 N–H and O–H groups in total. The van der Waals surface area contributed by atoms with Crippen molar-refractivity contribution in [3.63, 3.8) is 0 Å². The highest BCUT2D eigenvalue weighted by molar-refractivity contribution is 7.07. The van der Waals surface area contributed by atoms with E-state index in [0.29, 0.717) is 21.6 Å². The van der Waals surface area contributed by atoms with E-state index < -0.39 is 6.61 Å². The SMILES string of the molecule is CN=c1scc(-c2ccc(O)cc2O)n1/N=C/c1ccc(OC(F)F)cc1. The maximum atomic E-state index is 12.2. The monoisotopic (exact) mass is 391 g/mol. The minimum absolute atomic E-state index is 0.0481. The standard InChI is InChI=1S/C18H15F2N3O3S/c1-21-18-23(15(10-27-18)14-7-4-12(24)8-16(14)25)22-9-11-2-5-13(6-3-11)26-17(19)20/h2-10,17,24-25H,1H3/b21-18?,22-9+. The zero-order chi connectivity index (χ0) is 19.4. The molecule has 0 fully saturated rings. The second kappa shape index (κ2) is 8.00. The van der Waals surface area contributed by atoms with Gasteiger partial charge in [0, 0.05) is 24.1 Å². The first-order chi connectivity index (χ1) is 13.0. The van der Waals surface area contributed by atoms with Crippen molar-refractivity contribution >= 4 is 17.6 Å². The lowest BCUT2D eigenvalue weighted by atomic mass is 10.1. The molecule has 1 heterocycles. The van der Waals surface area contributed by atoms with Crippen molar-refractivity contribution in [2.45, 2.75) is 6.61 Å². The van der Waals surface area contributed by atoms with Crippen molar-refractivity contribution in [1.29, 1.82) is 0 Å². The molecule has 27 heavy (non-hydrogen) atoms. The van der Waals surface area contributed by atoms with E-state index in [4.69, 9.17) is 0 Å². The zero-order valence-electron chi connectivity index (χ0n) is 14.1. The Kier molecular flexibility index (Phi) is 5.51. The van der Waals surface area contributed by atoms with Crippen LogP contribution < -0.4 is 9.54 Å². The van der Waals surface area contributed by atoms with Crippen LogP contribution in [0.4, 0.5) is 8.78 Å². The maximum absolute atomic E-state index is 12.2. The fourth-order valence-corrected chi connectivity index (χ4v) is 3.14. The molecule has 140 valence electrons. The molecule has 0 amide bonds. The number of benzene rings is 2. The van der Waals surface area contributed by atoms with Gasteiger partial charge in [0.25, 0.3) is 0 Å². The molecular formula is C18H15F2N3O3S. The molecule has 0 bridgehead atoms. The van der Waals surface area contributed by atoms with Crippen LogP contribution in [0.5, 0.6) is 17.2 Å². The van der Waals surface area contributed by atoms with Gasteiger partial charge in [0.05, 0.1) is 11.9 Å². The molecule has 0 aliphatic heterocycles. The number of rotatable bonds is 5. The highest BCUT2D eigenvalue weighted by Crippen LogP contribution is 2.32. The first-order valence-electron chi connectivity index (χ1n) is 7.73. The Balaban J connectivity index is 1.95. The highest BCUT2D eigenvalue weighted by Gasteiger charge is 2.12.